The topological polar surface area (TPSA) is 65.4 Å². The van der Waals surface area contributed by atoms with Gasteiger partial charge in [0.1, 0.15) is 6.10 Å². The Morgan fingerprint density at radius 2 is 2.21 bits per heavy atom. The van der Waals surface area contributed by atoms with Crippen molar-refractivity contribution in [2.24, 2.45) is 4.99 Å². The van der Waals surface area contributed by atoms with E-state index < -0.39 is 0 Å². The third-order valence-electron chi connectivity index (χ3n) is 3.21. The summed E-state index contributed by atoms with van der Waals surface area (Å²) in [6.45, 7) is 2.63. The van der Waals surface area contributed by atoms with Crippen molar-refractivity contribution < 1.29 is 4.74 Å². The number of benzene rings is 1. The molecule has 98 valence electrons. The van der Waals surface area contributed by atoms with Crippen LogP contribution in [0.15, 0.2) is 35.3 Å². The van der Waals surface area contributed by atoms with E-state index in [1.807, 2.05) is 41.9 Å². The van der Waals surface area contributed by atoms with E-state index in [1.54, 1.807) is 7.11 Å². The summed E-state index contributed by atoms with van der Waals surface area (Å²) in [5.41, 5.74) is 9.62. The minimum atomic E-state index is -0.246. The molecule has 19 heavy (non-hydrogen) atoms. The van der Waals surface area contributed by atoms with Gasteiger partial charge in [0.05, 0.1) is 17.9 Å². The Morgan fingerprint density at radius 1 is 1.37 bits per heavy atom. The highest BCUT2D eigenvalue weighted by atomic mass is 16.5. The molecule has 0 aliphatic carbocycles. The van der Waals surface area contributed by atoms with E-state index in [0.717, 1.165) is 28.5 Å². The van der Waals surface area contributed by atoms with Gasteiger partial charge >= 0.3 is 0 Å². The van der Waals surface area contributed by atoms with E-state index >= 15 is 0 Å². The van der Waals surface area contributed by atoms with Crippen molar-refractivity contribution in [2.45, 2.75) is 19.6 Å². The van der Waals surface area contributed by atoms with Gasteiger partial charge in [-0.25, -0.2) is 4.68 Å². The molecule has 3 rings (SSSR count). The van der Waals surface area contributed by atoms with Crippen LogP contribution in [0.2, 0.25) is 0 Å². The number of methoxy groups -OCH3 is 1. The van der Waals surface area contributed by atoms with Crippen molar-refractivity contribution >= 4 is 11.5 Å². The van der Waals surface area contributed by atoms with Crippen LogP contribution in [-0.2, 0) is 11.3 Å². The first-order valence-electron chi connectivity index (χ1n) is 6.17. The molecule has 5 heteroatoms. The lowest BCUT2D eigenvalue weighted by Gasteiger charge is -2.17. The summed E-state index contributed by atoms with van der Waals surface area (Å²) in [5.74, 6) is 0.816. The van der Waals surface area contributed by atoms with E-state index in [2.05, 4.69) is 10.1 Å². The molecule has 5 nitrogen and oxygen atoms in total. The number of hydrogen-bond donors (Lipinski definition) is 1. The maximum atomic E-state index is 5.83. The molecule has 2 heterocycles. The van der Waals surface area contributed by atoms with E-state index in [4.69, 9.17) is 10.5 Å². The molecule has 1 aliphatic rings. The first kappa shape index (κ1) is 11.9. The van der Waals surface area contributed by atoms with Gasteiger partial charge < -0.3 is 10.5 Å². The van der Waals surface area contributed by atoms with E-state index in [0.29, 0.717) is 6.54 Å². The number of hydrogen-bond acceptors (Lipinski definition) is 4. The van der Waals surface area contributed by atoms with Crippen molar-refractivity contribution in [1.29, 1.82) is 0 Å². The fraction of sp³-hybridized carbons (Fsp3) is 0.286. The Balaban J connectivity index is 2.00. The van der Waals surface area contributed by atoms with Gasteiger partial charge in [-0.1, -0.05) is 12.1 Å². The van der Waals surface area contributed by atoms with Crippen LogP contribution in [0.3, 0.4) is 0 Å². The second-order valence-corrected chi connectivity index (χ2v) is 4.65. The first-order valence-corrected chi connectivity index (χ1v) is 6.17. The molecule has 1 aromatic heterocycles. The van der Waals surface area contributed by atoms with Crippen molar-refractivity contribution in [3.8, 4) is 0 Å². The number of aliphatic imine (C=N–C) groups is 1. The quantitative estimate of drug-likeness (QED) is 0.853. The highest BCUT2D eigenvalue weighted by molar-refractivity contribution is 5.91. The second kappa shape index (κ2) is 4.51. The van der Waals surface area contributed by atoms with Gasteiger partial charge in [-0.3, -0.25) is 4.99 Å². The van der Waals surface area contributed by atoms with Crippen molar-refractivity contribution in [3.05, 3.63) is 47.3 Å². The number of rotatable bonds is 3. The number of nitrogens with two attached hydrogens (primary N) is 1. The lowest BCUT2D eigenvalue weighted by atomic mass is 10.1. The highest BCUT2D eigenvalue weighted by Gasteiger charge is 2.26. The van der Waals surface area contributed by atoms with Crippen LogP contribution in [0, 0.1) is 6.92 Å². The molecule has 0 amide bonds. The van der Waals surface area contributed by atoms with Gasteiger partial charge in [0.25, 0.3) is 0 Å². The Hall–Kier alpha value is -2.14. The Kier molecular flexibility index (Phi) is 2.83. The van der Waals surface area contributed by atoms with E-state index in [1.165, 1.54) is 0 Å². The van der Waals surface area contributed by atoms with E-state index in [9.17, 15) is 0 Å². The summed E-state index contributed by atoms with van der Waals surface area (Å²) in [7, 11) is 1.67. The number of fused-ring (bicyclic) bond motifs is 1. The molecule has 1 aliphatic heterocycles. The molecule has 1 atom stereocenters. The zero-order valence-corrected chi connectivity index (χ0v) is 11.0. The number of aryl methyl sites for hydroxylation is 1. The monoisotopic (exact) mass is 256 g/mol. The normalized spacial score (nSPS) is 15.2. The predicted molar refractivity (Wildman–Crippen MR) is 74.1 cm³/mol. The number of nitrogens with zero attached hydrogens (tertiary/aromatic N) is 3. The zero-order valence-electron chi connectivity index (χ0n) is 11.0. The smallest absolute Gasteiger partial charge is 0.159 e. The Bertz CT molecular complexity index is 645. The maximum absolute atomic E-state index is 5.83. The number of nitrogen functional groups attached to an aromatic ring is 1. The molecular formula is C14H16N4O. The van der Waals surface area contributed by atoms with Crippen molar-refractivity contribution in [3.63, 3.8) is 0 Å². The fourth-order valence-corrected chi connectivity index (χ4v) is 2.40. The molecule has 0 spiro atoms. The molecule has 2 N–H and O–H groups in total. The third kappa shape index (κ3) is 2.02. The standard InChI is InChI=1S/C14H16N4O/c1-9-6-12-8-16-14(18(12)17-9)13(19-2)10-4-3-5-11(15)7-10/h3-7,13H,8,15H2,1-2H3. The fourth-order valence-electron chi connectivity index (χ4n) is 2.40. The summed E-state index contributed by atoms with van der Waals surface area (Å²) in [4.78, 5) is 4.53. The average Bonchev–Trinajstić information content (AvgIpc) is 2.91. The summed E-state index contributed by atoms with van der Waals surface area (Å²) in [6, 6.07) is 9.71. The van der Waals surface area contributed by atoms with Gasteiger partial charge in [-0.15, -0.1) is 0 Å². The minimum Gasteiger partial charge on any atom is -0.399 e. The van der Waals surface area contributed by atoms with Gasteiger partial charge in [0, 0.05) is 12.8 Å². The molecule has 0 saturated carbocycles. The Morgan fingerprint density at radius 3 is 2.95 bits per heavy atom. The van der Waals surface area contributed by atoms with Crippen LogP contribution in [0.4, 0.5) is 5.69 Å². The van der Waals surface area contributed by atoms with Crippen LogP contribution in [0.25, 0.3) is 0 Å². The molecule has 0 radical (unpaired) electrons. The number of aromatic nitrogens is 2. The highest BCUT2D eigenvalue weighted by Crippen LogP contribution is 2.25. The first-order chi connectivity index (χ1) is 9.19. The summed E-state index contributed by atoms with van der Waals surface area (Å²) < 4.78 is 7.46. The molecule has 0 fully saturated rings. The van der Waals surface area contributed by atoms with Crippen molar-refractivity contribution in [1.82, 2.24) is 9.78 Å². The second-order valence-electron chi connectivity index (χ2n) is 4.65. The third-order valence-corrected chi connectivity index (χ3v) is 3.21. The lowest BCUT2D eigenvalue weighted by Crippen LogP contribution is -2.22. The summed E-state index contributed by atoms with van der Waals surface area (Å²) in [6.07, 6.45) is -0.246. The molecular weight excluding hydrogens is 240 g/mol. The Labute approximate surface area is 111 Å². The summed E-state index contributed by atoms with van der Waals surface area (Å²) in [5, 5.41) is 4.46. The number of anilines is 1. The van der Waals surface area contributed by atoms with Crippen molar-refractivity contribution in [2.75, 3.05) is 12.8 Å². The molecule has 0 saturated heterocycles. The predicted octanol–water partition coefficient (Wildman–Crippen LogP) is 1.92. The van der Waals surface area contributed by atoms with Crippen LogP contribution in [0.1, 0.15) is 23.1 Å². The SMILES string of the molecule is COC(C1=NCc2cc(C)nn21)c1cccc(N)c1. The van der Waals surface area contributed by atoms with Gasteiger partial charge in [-0.2, -0.15) is 5.10 Å². The van der Waals surface area contributed by atoms with Crippen LogP contribution in [0.5, 0.6) is 0 Å². The van der Waals surface area contributed by atoms with Gasteiger partial charge in [0.2, 0.25) is 0 Å². The molecule has 2 aromatic rings. The van der Waals surface area contributed by atoms with E-state index in [-0.39, 0.29) is 6.10 Å². The van der Waals surface area contributed by atoms with Crippen LogP contribution < -0.4 is 5.73 Å². The minimum absolute atomic E-state index is 0.246. The molecule has 1 aromatic carbocycles. The molecule has 1 unspecified atom stereocenters. The number of ether oxygens (including phenoxy) is 1. The molecule has 0 bridgehead atoms. The zero-order chi connectivity index (χ0) is 13.4. The average molecular weight is 256 g/mol. The maximum Gasteiger partial charge on any atom is 0.159 e. The van der Waals surface area contributed by atoms with Gasteiger partial charge in [-0.05, 0) is 30.7 Å². The van der Waals surface area contributed by atoms with Gasteiger partial charge in [0.15, 0.2) is 5.84 Å². The lowest BCUT2D eigenvalue weighted by molar-refractivity contribution is 0.154. The van der Waals surface area contributed by atoms with Crippen LogP contribution >= 0.6 is 0 Å². The largest absolute Gasteiger partial charge is 0.399 e. The summed E-state index contributed by atoms with van der Waals surface area (Å²) >= 11 is 0. The van der Waals surface area contributed by atoms with Crippen LogP contribution in [-0.4, -0.2) is 22.7 Å².